The SMILES string of the molecule is CN(C)CCNc1cccc2c1C(=O)c1c(NCC(O)CCl)cccc1C2=O. The number of benzene rings is 2. The maximum absolute atomic E-state index is 13.4. The number of nitrogens with one attached hydrogen (secondary N) is 2. The molecule has 0 bridgehead atoms. The van der Waals surface area contributed by atoms with Crippen LogP contribution in [0.4, 0.5) is 11.4 Å². The molecule has 0 amide bonds. The van der Waals surface area contributed by atoms with Crippen molar-refractivity contribution in [1.29, 1.82) is 0 Å². The highest BCUT2D eigenvalue weighted by Gasteiger charge is 2.33. The molecule has 3 rings (SSSR count). The summed E-state index contributed by atoms with van der Waals surface area (Å²) >= 11 is 5.65. The van der Waals surface area contributed by atoms with E-state index in [0.717, 1.165) is 6.54 Å². The van der Waals surface area contributed by atoms with Crippen molar-refractivity contribution in [1.82, 2.24) is 4.90 Å². The fourth-order valence-electron chi connectivity index (χ4n) is 3.23. The van der Waals surface area contributed by atoms with Crippen LogP contribution in [-0.4, -0.2) is 67.3 Å². The second-order valence-corrected chi connectivity index (χ2v) is 7.34. The Morgan fingerprint density at radius 1 is 0.964 bits per heavy atom. The van der Waals surface area contributed by atoms with Crippen LogP contribution in [0.2, 0.25) is 0 Å². The van der Waals surface area contributed by atoms with Gasteiger partial charge < -0.3 is 20.6 Å². The Bertz CT molecular complexity index is 898. The highest BCUT2D eigenvalue weighted by atomic mass is 35.5. The van der Waals surface area contributed by atoms with Crippen LogP contribution in [0.3, 0.4) is 0 Å². The van der Waals surface area contributed by atoms with Crippen molar-refractivity contribution in [2.75, 3.05) is 50.2 Å². The number of hydrogen-bond donors (Lipinski definition) is 3. The molecule has 6 nitrogen and oxygen atoms in total. The number of nitrogens with zero attached hydrogens (tertiary/aromatic N) is 1. The first-order valence-corrected chi connectivity index (χ1v) is 9.69. The largest absolute Gasteiger partial charge is 0.390 e. The lowest BCUT2D eigenvalue weighted by Crippen LogP contribution is -2.27. The Hall–Kier alpha value is -2.41. The van der Waals surface area contributed by atoms with Crippen LogP contribution < -0.4 is 10.6 Å². The van der Waals surface area contributed by atoms with Crippen LogP contribution in [0.1, 0.15) is 31.8 Å². The number of hydrogen-bond acceptors (Lipinski definition) is 6. The van der Waals surface area contributed by atoms with Crippen LogP contribution in [0.15, 0.2) is 36.4 Å². The molecule has 2 aromatic rings. The van der Waals surface area contributed by atoms with Gasteiger partial charge in [-0.15, -0.1) is 11.6 Å². The zero-order chi connectivity index (χ0) is 20.3. The predicted octanol–water partition coefficient (Wildman–Crippen LogP) is 2.45. The van der Waals surface area contributed by atoms with Crippen molar-refractivity contribution in [2.45, 2.75) is 6.10 Å². The Morgan fingerprint density at radius 2 is 1.54 bits per heavy atom. The normalized spacial score (nSPS) is 13.9. The van der Waals surface area contributed by atoms with Gasteiger partial charge in [0.1, 0.15) is 0 Å². The summed E-state index contributed by atoms with van der Waals surface area (Å²) in [5.41, 5.74) is 2.68. The predicted molar refractivity (Wildman–Crippen MR) is 112 cm³/mol. The molecular weight excluding hydrogens is 378 g/mol. The molecule has 148 valence electrons. The van der Waals surface area contributed by atoms with Gasteiger partial charge in [0, 0.05) is 42.1 Å². The van der Waals surface area contributed by atoms with E-state index in [1.807, 2.05) is 25.1 Å². The fourth-order valence-corrected chi connectivity index (χ4v) is 3.34. The van der Waals surface area contributed by atoms with Crippen LogP contribution in [-0.2, 0) is 0 Å². The summed E-state index contributed by atoms with van der Waals surface area (Å²) in [6, 6.07) is 10.4. The topological polar surface area (TPSA) is 81.7 Å². The van der Waals surface area contributed by atoms with Crippen molar-refractivity contribution in [2.24, 2.45) is 0 Å². The molecule has 0 fully saturated rings. The first-order valence-electron chi connectivity index (χ1n) is 9.16. The van der Waals surface area contributed by atoms with Crippen molar-refractivity contribution in [3.05, 3.63) is 58.7 Å². The number of fused-ring (bicyclic) bond motifs is 2. The monoisotopic (exact) mass is 401 g/mol. The third-order valence-corrected chi connectivity index (χ3v) is 5.01. The number of aliphatic hydroxyl groups is 1. The molecule has 0 saturated carbocycles. The van der Waals surface area contributed by atoms with Gasteiger partial charge in [-0.2, -0.15) is 0 Å². The number of likely N-dealkylation sites (N-methyl/N-ethyl adjacent to an activating group) is 1. The number of anilines is 2. The first-order chi connectivity index (χ1) is 13.4. The van der Waals surface area contributed by atoms with Crippen molar-refractivity contribution in [3.63, 3.8) is 0 Å². The minimum Gasteiger partial charge on any atom is -0.390 e. The Kier molecular flexibility index (Phi) is 6.34. The maximum atomic E-state index is 13.4. The summed E-state index contributed by atoms with van der Waals surface area (Å²) in [6.45, 7) is 1.64. The molecule has 0 heterocycles. The lowest BCUT2D eigenvalue weighted by Gasteiger charge is -2.24. The van der Waals surface area contributed by atoms with Gasteiger partial charge in [-0.25, -0.2) is 0 Å². The molecule has 0 radical (unpaired) electrons. The molecule has 28 heavy (non-hydrogen) atoms. The maximum Gasteiger partial charge on any atom is 0.198 e. The summed E-state index contributed by atoms with van der Waals surface area (Å²) in [5.74, 6) is -0.305. The van der Waals surface area contributed by atoms with E-state index in [2.05, 4.69) is 10.6 Å². The zero-order valence-corrected chi connectivity index (χ0v) is 16.7. The van der Waals surface area contributed by atoms with Crippen molar-refractivity contribution in [3.8, 4) is 0 Å². The Morgan fingerprint density at radius 3 is 2.07 bits per heavy atom. The second kappa shape index (κ2) is 8.73. The fraction of sp³-hybridized carbons (Fsp3) is 0.333. The summed E-state index contributed by atoms with van der Waals surface area (Å²) in [4.78, 5) is 28.5. The highest BCUT2D eigenvalue weighted by Crippen LogP contribution is 2.35. The van der Waals surface area contributed by atoms with E-state index < -0.39 is 6.10 Å². The molecule has 1 unspecified atom stereocenters. The Labute approximate surface area is 169 Å². The molecule has 1 aliphatic rings. The third kappa shape index (κ3) is 4.04. The smallest absolute Gasteiger partial charge is 0.198 e. The van der Waals surface area contributed by atoms with E-state index >= 15 is 0 Å². The summed E-state index contributed by atoms with van der Waals surface area (Å²) in [7, 11) is 3.94. The lowest BCUT2D eigenvalue weighted by molar-refractivity contribution is 0.0980. The summed E-state index contributed by atoms with van der Waals surface area (Å²) in [6.07, 6.45) is -0.748. The molecule has 1 atom stereocenters. The average molecular weight is 402 g/mol. The van der Waals surface area contributed by atoms with E-state index in [9.17, 15) is 14.7 Å². The zero-order valence-electron chi connectivity index (χ0n) is 16.0. The van der Waals surface area contributed by atoms with Gasteiger partial charge in [0.05, 0.1) is 23.1 Å². The van der Waals surface area contributed by atoms with Gasteiger partial charge >= 0.3 is 0 Å². The average Bonchev–Trinajstić information content (AvgIpc) is 2.69. The van der Waals surface area contributed by atoms with Gasteiger partial charge in [-0.05, 0) is 26.2 Å². The number of aliphatic hydroxyl groups excluding tert-OH is 1. The molecule has 0 aromatic heterocycles. The van der Waals surface area contributed by atoms with Crippen molar-refractivity contribution >= 4 is 34.5 Å². The molecule has 0 saturated heterocycles. The van der Waals surface area contributed by atoms with E-state index in [-0.39, 0.29) is 24.0 Å². The molecule has 7 heteroatoms. The van der Waals surface area contributed by atoms with Gasteiger partial charge in [-0.1, -0.05) is 24.3 Å². The van der Waals surface area contributed by atoms with E-state index in [4.69, 9.17) is 11.6 Å². The Balaban J connectivity index is 1.98. The first kappa shape index (κ1) is 20.3. The van der Waals surface area contributed by atoms with Crippen LogP contribution in [0.5, 0.6) is 0 Å². The van der Waals surface area contributed by atoms with E-state index in [1.54, 1.807) is 30.3 Å². The number of ketones is 2. The van der Waals surface area contributed by atoms with Crippen molar-refractivity contribution < 1.29 is 14.7 Å². The minimum absolute atomic E-state index is 0.0810. The number of alkyl halides is 1. The summed E-state index contributed by atoms with van der Waals surface area (Å²) < 4.78 is 0. The molecule has 1 aliphatic carbocycles. The molecular formula is C21H24ClN3O3. The molecule has 2 aromatic carbocycles. The number of carbonyl (C=O) groups excluding carboxylic acids is 2. The van der Waals surface area contributed by atoms with Gasteiger partial charge in [-0.3, -0.25) is 9.59 Å². The molecule has 3 N–H and O–H groups in total. The van der Waals surface area contributed by atoms with Crippen LogP contribution in [0.25, 0.3) is 0 Å². The molecule has 0 aliphatic heterocycles. The number of carbonyl (C=O) groups is 2. The quantitative estimate of drug-likeness (QED) is 0.503. The number of rotatable bonds is 8. The highest BCUT2D eigenvalue weighted by molar-refractivity contribution is 6.31. The van der Waals surface area contributed by atoms with Crippen LogP contribution >= 0.6 is 11.6 Å². The summed E-state index contributed by atoms with van der Waals surface area (Å²) in [5, 5.41) is 16.0. The lowest BCUT2D eigenvalue weighted by atomic mass is 9.82. The minimum atomic E-state index is -0.748. The standard InChI is InChI=1S/C21H24ClN3O3/c1-25(2)10-9-23-16-7-3-5-14-18(16)21(28)19-15(20(14)27)6-4-8-17(19)24-12-13(26)11-22/h3-8,13,23-24,26H,9-12H2,1-2H3. The second-order valence-electron chi connectivity index (χ2n) is 7.03. The van der Waals surface area contributed by atoms with Gasteiger partial charge in [0.15, 0.2) is 11.6 Å². The van der Waals surface area contributed by atoms with E-state index in [0.29, 0.717) is 40.2 Å². The van der Waals surface area contributed by atoms with E-state index in [1.165, 1.54) is 0 Å². The third-order valence-electron chi connectivity index (χ3n) is 4.65. The number of halogens is 1. The van der Waals surface area contributed by atoms with Gasteiger partial charge in [0.25, 0.3) is 0 Å². The van der Waals surface area contributed by atoms with Gasteiger partial charge in [0.2, 0.25) is 0 Å². The van der Waals surface area contributed by atoms with Crippen LogP contribution in [0, 0.1) is 0 Å². The molecule has 0 spiro atoms.